The van der Waals surface area contributed by atoms with E-state index in [-0.39, 0.29) is 25.4 Å². The van der Waals surface area contributed by atoms with Crippen LogP contribution in [0, 0.1) is 5.41 Å². The number of hydroxylamine groups is 2. The van der Waals surface area contributed by atoms with Crippen LogP contribution < -0.4 is 0 Å². The van der Waals surface area contributed by atoms with Crippen molar-refractivity contribution in [3.63, 3.8) is 0 Å². The lowest BCUT2D eigenvalue weighted by molar-refractivity contribution is -0.233. The minimum atomic E-state index is -0.714. The highest BCUT2D eigenvalue weighted by Crippen LogP contribution is 2.26. The number of rotatable bonds is 5. The minimum Gasteiger partial charge on any atom is -0.461 e. The largest absolute Gasteiger partial charge is 0.461 e. The molecule has 6 nitrogen and oxygen atoms in total. The molecule has 6 heteroatoms. The summed E-state index contributed by atoms with van der Waals surface area (Å²) in [5, 5.41) is 0.983. The van der Waals surface area contributed by atoms with E-state index in [0.29, 0.717) is 0 Å². The van der Waals surface area contributed by atoms with E-state index < -0.39 is 23.4 Å². The number of ether oxygens (including phenoxy) is 1. The minimum absolute atomic E-state index is 0.00992. The van der Waals surface area contributed by atoms with Crippen molar-refractivity contribution < 1.29 is 24.0 Å². The molecule has 1 aliphatic heterocycles. The summed E-state index contributed by atoms with van der Waals surface area (Å²) in [5.74, 6) is -1.24. The molecular weight excluding hydrogens is 298 g/mol. The molecule has 1 unspecified atom stereocenters. The molecule has 1 amide bonds. The van der Waals surface area contributed by atoms with Gasteiger partial charge in [0.25, 0.3) is 5.91 Å². The third kappa shape index (κ3) is 4.55. The fourth-order valence-electron chi connectivity index (χ4n) is 1.96. The Hall–Kier alpha value is -2.37. The van der Waals surface area contributed by atoms with Crippen molar-refractivity contribution in [1.29, 1.82) is 0 Å². The van der Waals surface area contributed by atoms with Crippen molar-refractivity contribution in [2.75, 3.05) is 0 Å². The van der Waals surface area contributed by atoms with Crippen LogP contribution in [0.2, 0.25) is 0 Å². The Morgan fingerprint density at radius 1 is 1.22 bits per heavy atom. The Kier molecular flexibility index (Phi) is 5.03. The topological polar surface area (TPSA) is 72.9 Å². The van der Waals surface area contributed by atoms with E-state index in [4.69, 9.17) is 9.57 Å². The zero-order valence-electron chi connectivity index (χ0n) is 13.6. The second-order valence-corrected chi connectivity index (χ2v) is 6.56. The van der Waals surface area contributed by atoms with Gasteiger partial charge in [0.05, 0.1) is 24.3 Å². The predicted octanol–water partition coefficient (Wildman–Crippen LogP) is 2.23. The second-order valence-electron chi connectivity index (χ2n) is 6.56. The number of esters is 1. The molecule has 0 radical (unpaired) electrons. The van der Waals surface area contributed by atoms with Crippen LogP contribution in [0.15, 0.2) is 30.3 Å². The van der Waals surface area contributed by atoms with Gasteiger partial charge in [-0.3, -0.25) is 9.59 Å². The number of carbonyl (C=O) groups is 3. The summed E-state index contributed by atoms with van der Waals surface area (Å²) in [4.78, 5) is 40.3. The Balaban J connectivity index is 1.81. The number of benzene rings is 1. The van der Waals surface area contributed by atoms with E-state index in [0.717, 1.165) is 10.6 Å². The van der Waals surface area contributed by atoms with Gasteiger partial charge in [0.2, 0.25) is 0 Å². The SMILES string of the molecule is CC(C)(C)C(=O)ON1C(=O)CC1CC(=O)OCc1ccccc1. The number of hydrogen-bond acceptors (Lipinski definition) is 5. The van der Waals surface area contributed by atoms with E-state index in [1.165, 1.54) is 0 Å². The first-order valence-electron chi connectivity index (χ1n) is 7.51. The van der Waals surface area contributed by atoms with Crippen LogP contribution in [0.25, 0.3) is 0 Å². The van der Waals surface area contributed by atoms with Crippen LogP contribution in [0.1, 0.15) is 39.2 Å². The number of β-lactam (4-membered cyclic amide) rings is 1. The van der Waals surface area contributed by atoms with Gasteiger partial charge in [0, 0.05) is 0 Å². The van der Waals surface area contributed by atoms with Crippen LogP contribution in [0.4, 0.5) is 0 Å². The number of hydrogen-bond donors (Lipinski definition) is 0. The molecule has 124 valence electrons. The maximum atomic E-state index is 11.9. The van der Waals surface area contributed by atoms with E-state index >= 15 is 0 Å². The molecule has 1 aromatic rings. The standard InChI is InChI=1S/C17H21NO5/c1-17(2,3)16(21)23-18-13(9-14(18)19)10-15(20)22-11-12-7-5-4-6-8-12/h4-8,13H,9-11H2,1-3H3. The Morgan fingerprint density at radius 3 is 2.43 bits per heavy atom. The Morgan fingerprint density at radius 2 is 1.87 bits per heavy atom. The Labute approximate surface area is 135 Å². The van der Waals surface area contributed by atoms with Crippen LogP contribution in [-0.4, -0.2) is 29.0 Å². The van der Waals surface area contributed by atoms with E-state index in [2.05, 4.69) is 0 Å². The average molecular weight is 319 g/mol. The molecule has 0 N–H and O–H groups in total. The molecule has 1 heterocycles. The summed E-state index contributed by atoms with van der Waals surface area (Å²) in [7, 11) is 0. The van der Waals surface area contributed by atoms with Crippen LogP contribution in [-0.2, 0) is 30.6 Å². The van der Waals surface area contributed by atoms with Crippen molar-refractivity contribution in [3.8, 4) is 0 Å². The molecule has 1 fully saturated rings. The van der Waals surface area contributed by atoms with Crippen molar-refractivity contribution in [2.45, 2.75) is 46.3 Å². The van der Waals surface area contributed by atoms with Gasteiger partial charge in [0.1, 0.15) is 6.61 Å². The molecule has 1 aliphatic rings. The molecule has 0 bridgehead atoms. The maximum Gasteiger partial charge on any atom is 0.337 e. The Bertz CT molecular complexity index is 591. The lowest BCUT2D eigenvalue weighted by atomic mass is 9.97. The molecule has 1 saturated heterocycles. The van der Waals surface area contributed by atoms with Crippen LogP contribution >= 0.6 is 0 Å². The highest BCUT2D eigenvalue weighted by atomic mass is 16.7. The fraction of sp³-hybridized carbons (Fsp3) is 0.471. The normalized spacial score (nSPS) is 17.4. The first kappa shape index (κ1) is 17.0. The quantitative estimate of drug-likeness (QED) is 0.614. The highest BCUT2D eigenvalue weighted by Gasteiger charge is 2.42. The zero-order chi connectivity index (χ0) is 17.0. The summed E-state index contributed by atoms with van der Waals surface area (Å²) in [5.41, 5.74) is 0.176. The monoisotopic (exact) mass is 319 g/mol. The zero-order valence-corrected chi connectivity index (χ0v) is 13.6. The summed E-state index contributed by atoms with van der Waals surface area (Å²) < 4.78 is 5.17. The molecule has 0 aromatic heterocycles. The summed E-state index contributed by atoms with van der Waals surface area (Å²) in [6, 6.07) is 8.88. The van der Waals surface area contributed by atoms with Crippen LogP contribution in [0.5, 0.6) is 0 Å². The molecular formula is C17H21NO5. The lowest BCUT2D eigenvalue weighted by Gasteiger charge is -2.38. The highest BCUT2D eigenvalue weighted by molar-refractivity contribution is 5.86. The summed E-state index contributed by atoms with van der Waals surface area (Å²) >= 11 is 0. The van der Waals surface area contributed by atoms with Crippen LogP contribution in [0.3, 0.4) is 0 Å². The molecule has 1 aromatic carbocycles. The first-order chi connectivity index (χ1) is 10.8. The van der Waals surface area contributed by atoms with E-state index in [1.54, 1.807) is 20.8 Å². The molecule has 0 saturated carbocycles. The van der Waals surface area contributed by atoms with Gasteiger partial charge in [-0.05, 0) is 26.3 Å². The lowest BCUT2D eigenvalue weighted by Crippen LogP contribution is -2.55. The number of amides is 1. The molecule has 0 aliphatic carbocycles. The van der Waals surface area contributed by atoms with Gasteiger partial charge in [-0.2, -0.15) is 5.06 Å². The number of nitrogens with zero attached hydrogens (tertiary/aromatic N) is 1. The van der Waals surface area contributed by atoms with Crippen molar-refractivity contribution in [1.82, 2.24) is 5.06 Å². The second kappa shape index (κ2) is 6.81. The van der Waals surface area contributed by atoms with Crippen molar-refractivity contribution >= 4 is 17.8 Å². The van der Waals surface area contributed by atoms with Gasteiger partial charge in [-0.15, -0.1) is 0 Å². The summed E-state index contributed by atoms with van der Waals surface area (Å²) in [6.07, 6.45) is 0.188. The third-order valence-electron chi connectivity index (χ3n) is 3.43. The van der Waals surface area contributed by atoms with Crippen molar-refractivity contribution in [2.24, 2.45) is 5.41 Å². The molecule has 23 heavy (non-hydrogen) atoms. The molecule has 1 atom stereocenters. The van der Waals surface area contributed by atoms with Crippen molar-refractivity contribution in [3.05, 3.63) is 35.9 Å². The average Bonchev–Trinajstić information content (AvgIpc) is 2.50. The molecule has 2 rings (SSSR count). The number of carbonyl (C=O) groups excluding carboxylic acids is 3. The van der Waals surface area contributed by atoms with Gasteiger partial charge in [0.15, 0.2) is 0 Å². The maximum absolute atomic E-state index is 11.9. The van der Waals surface area contributed by atoms with E-state index in [1.807, 2.05) is 30.3 Å². The summed E-state index contributed by atoms with van der Waals surface area (Å²) in [6.45, 7) is 5.27. The third-order valence-corrected chi connectivity index (χ3v) is 3.43. The van der Waals surface area contributed by atoms with Gasteiger partial charge in [-0.1, -0.05) is 30.3 Å². The van der Waals surface area contributed by atoms with Gasteiger partial charge < -0.3 is 9.57 Å². The van der Waals surface area contributed by atoms with Gasteiger partial charge >= 0.3 is 11.9 Å². The predicted molar refractivity (Wildman–Crippen MR) is 81.7 cm³/mol. The van der Waals surface area contributed by atoms with Gasteiger partial charge in [-0.25, -0.2) is 4.79 Å². The van der Waals surface area contributed by atoms with E-state index in [9.17, 15) is 14.4 Å². The smallest absolute Gasteiger partial charge is 0.337 e. The fourth-order valence-corrected chi connectivity index (χ4v) is 1.96. The first-order valence-corrected chi connectivity index (χ1v) is 7.51. The molecule has 0 spiro atoms.